The van der Waals surface area contributed by atoms with Crippen LogP contribution >= 0.6 is 0 Å². The van der Waals surface area contributed by atoms with E-state index in [1.165, 1.54) is 42.5 Å². The maximum Gasteiger partial charge on any atom is 0.335 e. The van der Waals surface area contributed by atoms with Crippen LogP contribution in [0.15, 0.2) is 51.7 Å². The Balaban J connectivity index is 1.67. The summed E-state index contributed by atoms with van der Waals surface area (Å²) in [6, 6.07) is 9.12. The minimum atomic E-state index is -1.86. The van der Waals surface area contributed by atoms with Crippen molar-refractivity contribution in [2.24, 2.45) is 0 Å². The molecule has 11 heteroatoms. The highest BCUT2D eigenvalue weighted by Gasteiger charge is 2.48. The number of carboxylic acids is 1. The zero-order chi connectivity index (χ0) is 23.2. The van der Waals surface area contributed by atoms with Crippen LogP contribution < -0.4 is 10.2 Å². The highest BCUT2D eigenvalue weighted by atomic mass is 16.7. The lowest BCUT2D eigenvalue weighted by molar-refractivity contribution is -0.271. The molecule has 1 aliphatic heterocycles. The van der Waals surface area contributed by atoms with Crippen molar-refractivity contribution in [3.8, 4) is 28.6 Å². The molecule has 0 unspecified atom stereocenters. The number of aromatic hydroxyl groups is 2. The SMILES string of the molecule is O=C(O)[C@H]1O[C@@H](Oc2ccc3c(=O)cc(-c4ccc(O)c(O)c4)oc3c2)[C@H](O)[C@@H](O)[C@@H]1O. The number of ether oxygens (including phenoxy) is 2. The molecular weight excluding hydrogens is 428 g/mol. The second-order valence-electron chi connectivity index (χ2n) is 7.19. The Kier molecular flexibility index (Phi) is 5.48. The van der Waals surface area contributed by atoms with E-state index in [4.69, 9.17) is 19.0 Å². The number of phenols is 2. The Bertz CT molecular complexity index is 1230. The molecule has 3 aromatic rings. The summed E-state index contributed by atoms with van der Waals surface area (Å²) in [6.45, 7) is 0. The average Bonchev–Trinajstić information content (AvgIpc) is 2.75. The van der Waals surface area contributed by atoms with Gasteiger partial charge >= 0.3 is 5.97 Å². The molecule has 2 aromatic carbocycles. The molecule has 0 radical (unpaired) electrons. The molecule has 0 bridgehead atoms. The van der Waals surface area contributed by atoms with Crippen molar-refractivity contribution in [3.63, 3.8) is 0 Å². The van der Waals surface area contributed by atoms with Gasteiger partial charge in [-0.2, -0.15) is 0 Å². The summed E-state index contributed by atoms with van der Waals surface area (Å²) in [7, 11) is 0. The fourth-order valence-electron chi connectivity index (χ4n) is 3.31. The van der Waals surface area contributed by atoms with E-state index in [-0.39, 0.29) is 28.2 Å². The van der Waals surface area contributed by atoms with Gasteiger partial charge in [0.25, 0.3) is 0 Å². The Morgan fingerprint density at radius 1 is 0.906 bits per heavy atom. The van der Waals surface area contributed by atoms with E-state index in [1.54, 1.807) is 0 Å². The van der Waals surface area contributed by atoms with Gasteiger partial charge in [-0.05, 0) is 30.3 Å². The molecule has 1 saturated heterocycles. The smallest absolute Gasteiger partial charge is 0.335 e. The van der Waals surface area contributed by atoms with Crippen LogP contribution in [0.1, 0.15) is 0 Å². The predicted octanol–water partition coefficient (Wildman–Crippen LogP) is 0.142. The van der Waals surface area contributed by atoms with Crippen molar-refractivity contribution in [2.45, 2.75) is 30.7 Å². The minimum absolute atomic E-state index is 0.0168. The van der Waals surface area contributed by atoms with Crippen molar-refractivity contribution < 1.29 is 49.3 Å². The first-order chi connectivity index (χ1) is 15.2. The van der Waals surface area contributed by atoms with Crippen LogP contribution in [-0.4, -0.2) is 67.3 Å². The molecule has 0 aliphatic carbocycles. The van der Waals surface area contributed by atoms with Gasteiger partial charge in [0.1, 0.15) is 35.4 Å². The van der Waals surface area contributed by atoms with Gasteiger partial charge < -0.3 is 44.5 Å². The van der Waals surface area contributed by atoms with Crippen LogP contribution in [0.3, 0.4) is 0 Å². The van der Waals surface area contributed by atoms with E-state index in [0.29, 0.717) is 5.56 Å². The van der Waals surface area contributed by atoms with E-state index in [0.717, 1.165) is 0 Å². The van der Waals surface area contributed by atoms with Crippen LogP contribution in [0.4, 0.5) is 0 Å². The summed E-state index contributed by atoms with van der Waals surface area (Å²) < 4.78 is 16.2. The summed E-state index contributed by atoms with van der Waals surface area (Å²) in [4.78, 5) is 23.7. The number of carbonyl (C=O) groups is 1. The van der Waals surface area contributed by atoms with E-state index >= 15 is 0 Å². The van der Waals surface area contributed by atoms with Gasteiger partial charge in [0.2, 0.25) is 6.29 Å². The van der Waals surface area contributed by atoms with Crippen molar-refractivity contribution in [1.29, 1.82) is 0 Å². The number of rotatable bonds is 4. The second kappa shape index (κ2) is 8.13. The summed E-state index contributed by atoms with van der Waals surface area (Å²) in [5, 5.41) is 58.2. The quantitative estimate of drug-likeness (QED) is 0.299. The molecule has 0 spiro atoms. The van der Waals surface area contributed by atoms with Crippen molar-refractivity contribution in [3.05, 3.63) is 52.7 Å². The molecule has 1 aromatic heterocycles. The molecule has 168 valence electrons. The van der Waals surface area contributed by atoms with Crippen LogP contribution in [-0.2, 0) is 9.53 Å². The Morgan fingerprint density at radius 3 is 2.34 bits per heavy atom. The fraction of sp³-hybridized carbons (Fsp3) is 0.238. The van der Waals surface area contributed by atoms with Crippen molar-refractivity contribution in [1.82, 2.24) is 0 Å². The second-order valence-corrected chi connectivity index (χ2v) is 7.19. The maximum atomic E-state index is 12.5. The van der Waals surface area contributed by atoms with Gasteiger partial charge in [0.15, 0.2) is 23.0 Å². The third-order valence-electron chi connectivity index (χ3n) is 5.03. The molecule has 0 amide bonds. The number of aliphatic hydroxyl groups is 3. The lowest BCUT2D eigenvalue weighted by atomic mass is 9.99. The molecule has 5 atom stereocenters. The van der Waals surface area contributed by atoms with Crippen LogP contribution in [0.5, 0.6) is 17.2 Å². The zero-order valence-corrected chi connectivity index (χ0v) is 16.2. The third kappa shape index (κ3) is 3.85. The van der Waals surface area contributed by atoms with Gasteiger partial charge in [-0.15, -0.1) is 0 Å². The number of fused-ring (bicyclic) bond motifs is 1. The fourth-order valence-corrected chi connectivity index (χ4v) is 3.31. The number of aliphatic hydroxyl groups excluding tert-OH is 3. The van der Waals surface area contributed by atoms with Gasteiger partial charge in [-0.1, -0.05) is 0 Å². The molecule has 4 rings (SSSR count). The Hall–Kier alpha value is -3.64. The standard InChI is InChI=1S/C21H18O11/c22-11-4-1-8(5-13(11)24)14-7-12(23)10-3-2-9(6-15(10)31-14)30-21-18(27)16(25)17(26)19(32-21)20(28)29/h1-7,16-19,21-22,24-27H,(H,28,29)/t16-,17-,18+,19-,21+/m0/s1. The van der Waals surface area contributed by atoms with E-state index < -0.39 is 47.9 Å². The van der Waals surface area contributed by atoms with Crippen LogP contribution in [0.25, 0.3) is 22.3 Å². The molecule has 1 aliphatic rings. The number of aliphatic carboxylic acids is 1. The van der Waals surface area contributed by atoms with Crippen LogP contribution in [0, 0.1) is 0 Å². The van der Waals surface area contributed by atoms with Crippen molar-refractivity contribution in [2.75, 3.05) is 0 Å². The molecule has 2 heterocycles. The number of benzene rings is 2. The average molecular weight is 446 g/mol. The van der Waals surface area contributed by atoms with Gasteiger partial charge in [0, 0.05) is 17.7 Å². The molecule has 6 N–H and O–H groups in total. The topological polar surface area (TPSA) is 187 Å². The first kappa shape index (κ1) is 21.6. The van der Waals surface area contributed by atoms with E-state index in [1.807, 2.05) is 0 Å². The Labute approximate surface area is 178 Å². The van der Waals surface area contributed by atoms with Gasteiger partial charge in [-0.25, -0.2) is 4.79 Å². The summed E-state index contributed by atoms with van der Waals surface area (Å²) in [5.41, 5.74) is -0.0184. The lowest BCUT2D eigenvalue weighted by Crippen LogP contribution is -2.61. The predicted molar refractivity (Wildman–Crippen MR) is 106 cm³/mol. The molecule has 32 heavy (non-hydrogen) atoms. The first-order valence-corrected chi connectivity index (χ1v) is 9.35. The van der Waals surface area contributed by atoms with Crippen molar-refractivity contribution >= 4 is 16.9 Å². The number of carboxylic acid groups (broad SMARTS) is 1. The number of phenolic OH excluding ortho intramolecular Hbond substituents is 2. The highest BCUT2D eigenvalue weighted by Crippen LogP contribution is 2.32. The summed E-state index contributed by atoms with van der Waals surface area (Å²) in [5.74, 6) is -2.19. The van der Waals surface area contributed by atoms with E-state index in [2.05, 4.69) is 0 Å². The monoisotopic (exact) mass is 446 g/mol. The molecule has 0 saturated carbocycles. The normalized spacial score (nSPS) is 25.5. The maximum absolute atomic E-state index is 12.5. The van der Waals surface area contributed by atoms with E-state index in [9.17, 15) is 35.1 Å². The highest BCUT2D eigenvalue weighted by molar-refractivity contribution is 5.80. The van der Waals surface area contributed by atoms with Gasteiger partial charge in [0.05, 0.1) is 5.39 Å². The van der Waals surface area contributed by atoms with Crippen LogP contribution in [0.2, 0.25) is 0 Å². The third-order valence-corrected chi connectivity index (χ3v) is 5.03. The molecule has 11 nitrogen and oxygen atoms in total. The van der Waals surface area contributed by atoms with Gasteiger partial charge in [-0.3, -0.25) is 4.79 Å². The molecular formula is C21H18O11. The summed E-state index contributed by atoms with van der Waals surface area (Å²) in [6.07, 6.45) is -8.90. The summed E-state index contributed by atoms with van der Waals surface area (Å²) >= 11 is 0. The number of hydrogen-bond acceptors (Lipinski definition) is 10. The zero-order valence-electron chi connectivity index (χ0n) is 16.2. The number of hydrogen-bond donors (Lipinski definition) is 6. The molecule has 1 fully saturated rings. The Morgan fingerprint density at radius 2 is 1.66 bits per heavy atom. The lowest BCUT2D eigenvalue weighted by Gasteiger charge is -2.38. The minimum Gasteiger partial charge on any atom is -0.504 e. The largest absolute Gasteiger partial charge is 0.504 e. The first-order valence-electron chi connectivity index (χ1n) is 9.35.